The highest BCUT2D eigenvalue weighted by atomic mass is 16.5. The van der Waals surface area contributed by atoms with E-state index in [0.29, 0.717) is 28.5 Å². The van der Waals surface area contributed by atoms with Gasteiger partial charge in [0.15, 0.2) is 6.61 Å². The molecule has 0 bridgehead atoms. The van der Waals surface area contributed by atoms with E-state index < -0.39 is 0 Å². The fourth-order valence-electron chi connectivity index (χ4n) is 3.94. The Bertz CT molecular complexity index is 1220. The molecule has 0 aliphatic carbocycles. The first kappa shape index (κ1) is 18.5. The van der Waals surface area contributed by atoms with Crippen molar-refractivity contribution in [3.8, 4) is 17.1 Å². The van der Waals surface area contributed by atoms with Crippen molar-refractivity contribution in [1.82, 2.24) is 24.8 Å². The van der Waals surface area contributed by atoms with Crippen LogP contribution in [0.3, 0.4) is 0 Å². The maximum atomic E-state index is 12.5. The first-order chi connectivity index (χ1) is 14.6. The smallest absolute Gasteiger partial charge is 0.323 e. The van der Waals surface area contributed by atoms with Gasteiger partial charge < -0.3 is 24.6 Å². The van der Waals surface area contributed by atoms with E-state index in [4.69, 9.17) is 4.74 Å². The average molecular weight is 405 g/mol. The van der Waals surface area contributed by atoms with Crippen LogP contribution in [0, 0.1) is 5.92 Å². The number of benzene rings is 2. The van der Waals surface area contributed by atoms with Crippen molar-refractivity contribution in [3.05, 3.63) is 46.9 Å². The largest absolute Gasteiger partial charge is 0.483 e. The molecule has 4 aromatic rings. The van der Waals surface area contributed by atoms with Crippen molar-refractivity contribution in [2.24, 2.45) is 5.92 Å². The van der Waals surface area contributed by atoms with Gasteiger partial charge >= 0.3 is 5.69 Å². The molecular formula is C22H23N5O3. The van der Waals surface area contributed by atoms with E-state index in [1.165, 1.54) is 0 Å². The van der Waals surface area contributed by atoms with Crippen molar-refractivity contribution in [2.75, 3.05) is 19.7 Å². The minimum Gasteiger partial charge on any atom is -0.483 e. The third-order valence-electron chi connectivity index (χ3n) is 5.75. The summed E-state index contributed by atoms with van der Waals surface area (Å²) in [5, 5.41) is 0. The number of H-pyrrole nitrogens is 3. The van der Waals surface area contributed by atoms with E-state index in [9.17, 15) is 9.59 Å². The van der Waals surface area contributed by atoms with Crippen molar-refractivity contribution < 1.29 is 9.53 Å². The van der Waals surface area contributed by atoms with E-state index in [-0.39, 0.29) is 18.2 Å². The average Bonchev–Trinajstić information content (AvgIpc) is 3.32. The van der Waals surface area contributed by atoms with Gasteiger partial charge in [0.25, 0.3) is 5.91 Å². The van der Waals surface area contributed by atoms with Gasteiger partial charge in [-0.15, -0.1) is 0 Å². The summed E-state index contributed by atoms with van der Waals surface area (Å²) in [4.78, 5) is 39.4. The first-order valence-electron chi connectivity index (χ1n) is 10.2. The number of likely N-dealkylation sites (tertiary alicyclic amines) is 1. The molecule has 1 aliphatic heterocycles. The number of carbonyl (C=O) groups excluding carboxylic acids is 1. The molecule has 3 heterocycles. The van der Waals surface area contributed by atoms with Gasteiger partial charge in [-0.25, -0.2) is 9.78 Å². The number of carbonyl (C=O) groups is 1. The zero-order valence-electron chi connectivity index (χ0n) is 16.7. The first-order valence-corrected chi connectivity index (χ1v) is 10.2. The second-order valence-electron chi connectivity index (χ2n) is 7.93. The minimum absolute atomic E-state index is 0.00979. The minimum atomic E-state index is -0.246. The Morgan fingerprint density at radius 3 is 2.63 bits per heavy atom. The van der Waals surface area contributed by atoms with Gasteiger partial charge in [-0.3, -0.25) is 4.79 Å². The number of amides is 1. The van der Waals surface area contributed by atoms with Gasteiger partial charge in [-0.05, 0) is 43.0 Å². The summed E-state index contributed by atoms with van der Waals surface area (Å²) in [6.45, 7) is 3.82. The molecule has 0 saturated carbocycles. The molecular weight excluding hydrogens is 382 g/mol. The number of nitrogens with one attached hydrogen (secondary N) is 3. The molecule has 5 rings (SSSR count). The number of aromatic amines is 3. The number of hydrogen-bond donors (Lipinski definition) is 3. The van der Waals surface area contributed by atoms with Gasteiger partial charge in [0, 0.05) is 13.1 Å². The van der Waals surface area contributed by atoms with Gasteiger partial charge in [0.1, 0.15) is 11.6 Å². The van der Waals surface area contributed by atoms with Crippen LogP contribution in [0.2, 0.25) is 0 Å². The van der Waals surface area contributed by atoms with Crippen molar-refractivity contribution in [1.29, 1.82) is 0 Å². The lowest BCUT2D eigenvalue weighted by Crippen LogP contribution is -2.40. The van der Waals surface area contributed by atoms with Gasteiger partial charge in [-0.2, -0.15) is 0 Å². The fourth-order valence-corrected chi connectivity index (χ4v) is 3.94. The maximum Gasteiger partial charge on any atom is 0.323 e. The van der Waals surface area contributed by atoms with Crippen molar-refractivity contribution in [3.63, 3.8) is 0 Å². The van der Waals surface area contributed by atoms with Crippen LogP contribution in [0.5, 0.6) is 5.75 Å². The molecule has 8 heteroatoms. The van der Waals surface area contributed by atoms with Crippen LogP contribution in [0.1, 0.15) is 19.8 Å². The highest BCUT2D eigenvalue weighted by Gasteiger charge is 2.21. The molecule has 1 fully saturated rings. The topological polar surface area (TPSA) is 107 Å². The molecule has 0 unspecified atom stereocenters. The lowest BCUT2D eigenvalue weighted by molar-refractivity contribution is -0.134. The number of aromatic nitrogens is 4. The summed E-state index contributed by atoms with van der Waals surface area (Å²) in [6.07, 6.45) is 2.08. The molecule has 2 aromatic carbocycles. The Morgan fingerprint density at radius 2 is 1.83 bits per heavy atom. The SMILES string of the molecule is CC1CCN(C(=O)COc2ccccc2-c2nc3cc4[nH]c(=O)[nH]c4cc3[nH]2)CC1. The van der Waals surface area contributed by atoms with Crippen molar-refractivity contribution >= 4 is 28.0 Å². The lowest BCUT2D eigenvalue weighted by Gasteiger charge is -2.30. The highest BCUT2D eigenvalue weighted by molar-refractivity contribution is 5.92. The molecule has 1 saturated heterocycles. The number of ether oxygens (including phenoxy) is 1. The molecule has 0 radical (unpaired) electrons. The number of para-hydroxylation sites is 1. The molecule has 1 aliphatic rings. The summed E-state index contributed by atoms with van der Waals surface area (Å²) in [5.74, 6) is 1.94. The van der Waals surface area contributed by atoms with Crippen LogP contribution >= 0.6 is 0 Å². The van der Waals surface area contributed by atoms with Gasteiger partial charge in [0.2, 0.25) is 0 Å². The van der Waals surface area contributed by atoms with E-state index in [1.54, 1.807) is 0 Å². The summed E-state index contributed by atoms with van der Waals surface area (Å²) < 4.78 is 5.90. The number of nitrogens with zero attached hydrogens (tertiary/aromatic N) is 2. The summed E-state index contributed by atoms with van der Waals surface area (Å²) in [7, 11) is 0. The molecule has 0 atom stereocenters. The van der Waals surface area contributed by atoms with Crippen LogP contribution in [0.4, 0.5) is 0 Å². The number of rotatable bonds is 4. The Labute approximate surface area is 172 Å². The van der Waals surface area contributed by atoms with Crippen molar-refractivity contribution in [2.45, 2.75) is 19.8 Å². The summed E-state index contributed by atoms with van der Waals surface area (Å²) in [5.41, 5.74) is 3.50. The maximum absolute atomic E-state index is 12.5. The Balaban J connectivity index is 1.39. The molecule has 0 spiro atoms. The normalized spacial score (nSPS) is 15.2. The standard InChI is InChI=1S/C22H23N5O3/c1-13-6-8-27(9-7-13)20(28)12-30-19-5-3-2-4-14(19)21-23-15-10-17-18(11-16(15)24-21)26-22(29)25-17/h2-5,10-11,13H,6-9,12H2,1H3,(H,23,24)(H2,25,26,29). The highest BCUT2D eigenvalue weighted by Crippen LogP contribution is 2.30. The fraction of sp³-hybridized carbons (Fsp3) is 0.318. The zero-order valence-corrected chi connectivity index (χ0v) is 16.7. The third kappa shape index (κ3) is 3.45. The van der Waals surface area contributed by atoms with Crippen LogP contribution < -0.4 is 10.4 Å². The van der Waals surface area contributed by atoms with E-state index >= 15 is 0 Å². The second-order valence-corrected chi connectivity index (χ2v) is 7.93. The summed E-state index contributed by atoms with van der Waals surface area (Å²) in [6, 6.07) is 11.2. The predicted molar refractivity (Wildman–Crippen MR) is 114 cm³/mol. The number of fused-ring (bicyclic) bond motifs is 2. The molecule has 2 aromatic heterocycles. The second kappa shape index (κ2) is 7.37. The van der Waals surface area contributed by atoms with Gasteiger partial charge in [-0.1, -0.05) is 19.1 Å². The summed E-state index contributed by atoms with van der Waals surface area (Å²) >= 11 is 0. The Hall–Kier alpha value is -3.55. The van der Waals surface area contributed by atoms with Gasteiger partial charge in [0.05, 0.1) is 27.6 Å². The monoisotopic (exact) mass is 405 g/mol. The van der Waals surface area contributed by atoms with Crippen LogP contribution in [0.15, 0.2) is 41.2 Å². The number of piperidine rings is 1. The molecule has 3 N–H and O–H groups in total. The van der Waals surface area contributed by atoms with E-state index in [1.807, 2.05) is 41.3 Å². The van der Waals surface area contributed by atoms with E-state index in [0.717, 1.165) is 42.5 Å². The molecule has 1 amide bonds. The predicted octanol–water partition coefficient (Wildman–Crippen LogP) is 3.04. The number of hydrogen-bond acceptors (Lipinski definition) is 4. The van der Waals surface area contributed by atoms with Crippen LogP contribution in [0.25, 0.3) is 33.5 Å². The third-order valence-corrected chi connectivity index (χ3v) is 5.75. The number of imidazole rings is 2. The van der Waals surface area contributed by atoms with E-state index in [2.05, 4.69) is 26.9 Å². The Kier molecular flexibility index (Phi) is 4.54. The van der Waals surface area contributed by atoms with Crippen LogP contribution in [-0.2, 0) is 4.79 Å². The Morgan fingerprint density at radius 1 is 1.10 bits per heavy atom. The zero-order chi connectivity index (χ0) is 20.7. The molecule has 154 valence electrons. The molecule has 30 heavy (non-hydrogen) atoms. The van der Waals surface area contributed by atoms with Crippen LogP contribution in [-0.4, -0.2) is 50.4 Å². The quantitative estimate of drug-likeness (QED) is 0.485. The molecule has 8 nitrogen and oxygen atoms in total. The lowest BCUT2D eigenvalue weighted by atomic mass is 9.99.